The van der Waals surface area contributed by atoms with Gasteiger partial charge in [0.2, 0.25) is 0 Å². The van der Waals surface area contributed by atoms with Crippen LogP contribution in [0.1, 0.15) is 31.9 Å². The molecule has 0 bridgehead atoms. The van der Waals surface area contributed by atoms with Crippen LogP contribution in [0.2, 0.25) is 0 Å². The average molecular weight is 191 g/mol. The highest BCUT2D eigenvalue weighted by Crippen LogP contribution is 2.35. The molecule has 1 aromatic rings. The smallest absolute Gasteiger partial charge is 0.0891 e. The van der Waals surface area contributed by atoms with E-state index in [0.717, 1.165) is 18.0 Å². The van der Waals surface area contributed by atoms with Gasteiger partial charge in [0.25, 0.3) is 0 Å². The Kier molecular flexibility index (Phi) is 3.14. The molecule has 1 fully saturated rings. The Bertz CT molecular complexity index is 269. The molecule has 0 saturated heterocycles. The molecule has 0 amide bonds. The minimum atomic E-state index is 0.456. The van der Waals surface area contributed by atoms with Gasteiger partial charge in [-0.3, -0.25) is 4.98 Å². The van der Waals surface area contributed by atoms with Gasteiger partial charge in [0, 0.05) is 6.20 Å². The zero-order valence-corrected chi connectivity index (χ0v) is 8.65. The highest BCUT2D eigenvalue weighted by Gasteiger charge is 2.30. The molecule has 1 aromatic heterocycles. The minimum absolute atomic E-state index is 0.456. The first-order valence-corrected chi connectivity index (χ1v) is 5.41. The third kappa shape index (κ3) is 2.55. The predicted molar refractivity (Wildman–Crippen MR) is 55.8 cm³/mol. The fraction of sp³-hybridized carbons (Fsp3) is 0.583. The van der Waals surface area contributed by atoms with Crippen molar-refractivity contribution in [3.8, 4) is 0 Å². The summed E-state index contributed by atoms with van der Waals surface area (Å²) in [5.41, 5.74) is 1.03. The van der Waals surface area contributed by atoms with Crippen molar-refractivity contribution in [2.45, 2.75) is 38.9 Å². The predicted octanol–water partition coefficient (Wildman–Crippen LogP) is 2.79. The van der Waals surface area contributed by atoms with Gasteiger partial charge in [0.15, 0.2) is 0 Å². The lowest BCUT2D eigenvalue weighted by molar-refractivity contribution is 0.0219. The normalized spacial score (nSPS) is 18.1. The van der Waals surface area contributed by atoms with Gasteiger partial charge in [0.05, 0.1) is 18.4 Å². The molecule has 1 heterocycles. The van der Waals surface area contributed by atoms with Gasteiger partial charge in [-0.15, -0.1) is 0 Å². The van der Waals surface area contributed by atoms with Gasteiger partial charge < -0.3 is 4.74 Å². The van der Waals surface area contributed by atoms with Crippen LogP contribution in [0.5, 0.6) is 0 Å². The molecule has 0 aliphatic heterocycles. The Morgan fingerprint density at radius 2 is 2.36 bits per heavy atom. The van der Waals surface area contributed by atoms with Gasteiger partial charge in [-0.25, -0.2) is 0 Å². The first kappa shape index (κ1) is 9.66. The van der Waals surface area contributed by atoms with Crippen LogP contribution in [0.3, 0.4) is 0 Å². The van der Waals surface area contributed by atoms with Crippen molar-refractivity contribution in [1.82, 2.24) is 4.98 Å². The lowest BCUT2D eigenvalue weighted by atomic mass is 10.2. The lowest BCUT2D eigenvalue weighted by Crippen LogP contribution is -2.14. The first-order valence-electron chi connectivity index (χ1n) is 5.41. The molecule has 0 aromatic carbocycles. The third-order valence-electron chi connectivity index (χ3n) is 2.72. The maximum absolute atomic E-state index is 5.84. The van der Waals surface area contributed by atoms with E-state index in [9.17, 15) is 0 Å². The summed E-state index contributed by atoms with van der Waals surface area (Å²) < 4.78 is 5.84. The number of hydrogen-bond acceptors (Lipinski definition) is 2. The summed E-state index contributed by atoms with van der Waals surface area (Å²) in [7, 11) is 0. The summed E-state index contributed by atoms with van der Waals surface area (Å²) in [6.07, 6.45) is 6.09. The van der Waals surface area contributed by atoms with Crippen molar-refractivity contribution < 1.29 is 4.74 Å². The first-order chi connectivity index (χ1) is 6.90. The average Bonchev–Trinajstić information content (AvgIpc) is 3.05. The summed E-state index contributed by atoms with van der Waals surface area (Å²) in [5, 5.41) is 0. The standard InChI is InChI=1S/C12H17NO/c1-2-12(10-6-7-10)14-9-11-5-3-4-8-13-11/h3-5,8,10,12H,2,6-7,9H2,1H3/t12-/m0/s1. The van der Waals surface area contributed by atoms with Crippen LogP contribution in [0, 0.1) is 5.92 Å². The summed E-state index contributed by atoms with van der Waals surface area (Å²) in [4.78, 5) is 4.24. The molecule has 0 radical (unpaired) electrons. The van der Waals surface area contributed by atoms with Gasteiger partial charge in [-0.05, 0) is 37.3 Å². The number of ether oxygens (including phenoxy) is 1. The molecule has 0 spiro atoms. The molecule has 2 rings (SSSR count). The Balaban J connectivity index is 1.81. The van der Waals surface area contributed by atoms with Crippen LogP contribution in [-0.4, -0.2) is 11.1 Å². The van der Waals surface area contributed by atoms with E-state index in [1.165, 1.54) is 12.8 Å². The highest BCUT2D eigenvalue weighted by molar-refractivity contribution is 5.02. The zero-order valence-electron chi connectivity index (χ0n) is 8.65. The molecule has 1 atom stereocenters. The fourth-order valence-electron chi connectivity index (χ4n) is 1.73. The Labute approximate surface area is 85.3 Å². The molecular formula is C12H17NO. The van der Waals surface area contributed by atoms with E-state index in [-0.39, 0.29) is 0 Å². The SMILES string of the molecule is CC[C@H](OCc1ccccn1)C1CC1. The van der Waals surface area contributed by atoms with Crippen LogP contribution < -0.4 is 0 Å². The fourth-order valence-corrected chi connectivity index (χ4v) is 1.73. The number of hydrogen-bond donors (Lipinski definition) is 0. The van der Waals surface area contributed by atoms with E-state index in [1.54, 1.807) is 0 Å². The molecular weight excluding hydrogens is 174 g/mol. The van der Waals surface area contributed by atoms with Crippen molar-refractivity contribution in [2.24, 2.45) is 5.92 Å². The van der Waals surface area contributed by atoms with Crippen LogP contribution in [0.4, 0.5) is 0 Å². The third-order valence-corrected chi connectivity index (χ3v) is 2.72. The van der Waals surface area contributed by atoms with Crippen molar-refractivity contribution >= 4 is 0 Å². The summed E-state index contributed by atoms with van der Waals surface area (Å²) >= 11 is 0. The topological polar surface area (TPSA) is 22.1 Å². The van der Waals surface area contributed by atoms with Crippen LogP contribution in [0.15, 0.2) is 24.4 Å². The van der Waals surface area contributed by atoms with Crippen LogP contribution in [0.25, 0.3) is 0 Å². The molecule has 0 N–H and O–H groups in total. The summed E-state index contributed by atoms with van der Waals surface area (Å²) in [6.45, 7) is 2.86. The monoisotopic (exact) mass is 191 g/mol. The van der Waals surface area contributed by atoms with Crippen LogP contribution in [-0.2, 0) is 11.3 Å². The van der Waals surface area contributed by atoms with E-state index in [0.29, 0.717) is 12.7 Å². The number of nitrogens with zero attached hydrogens (tertiary/aromatic N) is 1. The van der Waals surface area contributed by atoms with Gasteiger partial charge in [-0.2, -0.15) is 0 Å². The lowest BCUT2D eigenvalue weighted by Gasteiger charge is -2.14. The molecule has 1 aliphatic carbocycles. The van der Waals surface area contributed by atoms with Gasteiger partial charge >= 0.3 is 0 Å². The number of rotatable bonds is 5. The van der Waals surface area contributed by atoms with E-state index >= 15 is 0 Å². The minimum Gasteiger partial charge on any atom is -0.372 e. The highest BCUT2D eigenvalue weighted by atomic mass is 16.5. The second kappa shape index (κ2) is 4.56. The maximum Gasteiger partial charge on any atom is 0.0891 e. The van der Waals surface area contributed by atoms with Gasteiger partial charge in [-0.1, -0.05) is 13.0 Å². The van der Waals surface area contributed by atoms with E-state index in [1.807, 2.05) is 24.4 Å². The molecule has 1 aliphatic rings. The largest absolute Gasteiger partial charge is 0.372 e. The Morgan fingerprint density at radius 1 is 1.50 bits per heavy atom. The second-order valence-electron chi connectivity index (χ2n) is 3.92. The van der Waals surface area contributed by atoms with Crippen molar-refractivity contribution in [3.63, 3.8) is 0 Å². The molecule has 0 unspecified atom stereocenters. The number of aromatic nitrogens is 1. The quantitative estimate of drug-likeness (QED) is 0.714. The van der Waals surface area contributed by atoms with Crippen molar-refractivity contribution in [2.75, 3.05) is 0 Å². The zero-order chi connectivity index (χ0) is 9.80. The molecule has 76 valence electrons. The Hall–Kier alpha value is -0.890. The number of pyridine rings is 1. The van der Waals surface area contributed by atoms with Crippen molar-refractivity contribution in [1.29, 1.82) is 0 Å². The van der Waals surface area contributed by atoms with E-state index in [2.05, 4.69) is 11.9 Å². The van der Waals surface area contributed by atoms with Gasteiger partial charge in [0.1, 0.15) is 0 Å². The molecule has 14 heavy (non-hydrogen) atoms. The second-order valence-corrected chi connectivity index (χ2v) is 3.92. The van der Waals surface area contributed by atoms with Crippen LogP contribution >= 0.6 is 0 Å². The summed E-state index contributed by atoms with van der Waals surface area (Å²) in [6, 6.07) is 5.95. The molecule has 2 heteroatoms. The van der Waals surface area contributed by atoms with Crippen molar-refractivity contribution in [3.05, 3.63) is 30.1 Å². The van der Waals surface area contributed by atoms with E-state index in [4.69, 9.17) is 4.74 Å². The Morgan fingerprint density at radius 3 is 2.93 bits per heavy atom. The molecule has 1 saturated carbocycles. The molecule has 2 nitrogen and oxygen atoms in total. The van der Waals surface area contributed by atoms with E-state index < -0.39 is 0 Å². The summed E-state index contributed by atoms with van der Waals surface area (Å²) in [5.74, 6) is 0.823. The maximum atomic E-state index is 5.84.